The molecule has 0 unspecified atom stereocenters. The quantitative estimate of drug-likeness (QED) is 0.657. The minimum Gasteiger partial charge on any atom is -0.356 e. The molecule has 1 aromatic carbocycles. The standard InChI is InChI=1S/C25H27N5O/c1-19-14-27-18-28-23(19)29-11-8-25(9-12-29)13-21-6-2-3-7-22(21)17-30(24(25)31)16-20-5-4-10-26-15-20/h2-7,10,14-15,18H,8-9,11-13,16-17H2,1H3. The van der Waals surface area contributed by atoms with Crippen LogP contribution in [0.15, 0.2) is 61.3 Å². The molecule has 31 heavy (non-hydrogen) atoms. The van der Waals surface area contributed by atoms with Gasteiger partial charge in [0.2, 0.25) is 5.91 Å². The highest BCUT2D eigenvalue weighted by atomic mass is 16.2. The molecule has 0 bridgehead atoms. The lowest BCUT2D eigenvalue weighted by molar-refractivity contribution is -0.144. The van der Waals surface area contributed by atoms with Crippen LogP contribution in [-0.4, -0.2) is 38.8 Å². The molecule has 1 saturated heterocycles. The zero-order valence-electron chi connectivity index (χ0n) is 17.9. The lowest BCUT2D eigenvalue weighted by Crippen LogP contribution is -2.50. The van der Waals surface area contributed by atoms with E-state index in [4.69, 9.17) is 0 Å². The molecule has 0 N–H and O–H groups in total. The molecule has 6 nitrogen and oxygen atoms in total. The minimum atomic E-state index is -0.369. The summed E-state index contributed by atoms with van der Waals surface area (Å²) in [7, 11) is 0. The molecule has 0 atom stereocenters. The Morgan fingerprint density at radius 1 is 1.00 bits per heavy atom. The Bertz CT molecular complexity index is 1080. The number of hydrogen-bond acceptors (Lipinski definition) is 5. The summed E-state index contributed by atoms with van der Waals surface area (Å²) in [5, 5.41) is 0. The highest BCUT2D eigenvalue weighted by molar-refractivity contribution is 5.84. The Hall–Kier alpha value is -3.28. The van der Waals surface area contributed by atoms with Crippen LogP contribution in [0.2, 0.25) is 0 Å². The number of fused-ring (bicyclic) bond motifs is 1. The van der Waals surface area contributed by atoms with E-state index in [9.17, 15) is 4.79 Å². The van der Waals surface area contributed by atoms with Gasteiger partial charge < -0.3 is 9.80 Å². The van der Waals surface area contributed by atoms with Gasteiger partial charge in [0, 0.05) is 50.3 Å². The lowest BCUT2D eigenvalue weighted by atomic mass is 9.73. The van der Waals surface area contributed by atoms with Gasteiger partial charge in [0.1, 0.15) is 12.1 Å². The molecule has 2 aliphatic heterocycles. The number of carbonyl (C=O) groups excluding carboxylic acids is 1. The Kier molecular flexibility index (Phi) is 5.14. The SMILES string of the molecule is Cc1cncnc1N1CCC2(CC1)Cc1ccccc1CN(Cc1cccnc1)C2=O. The molecule has 5 rings (SSSR count). The largest absolute Gasteiger partial charge is 0.356 e. The van der Waals surface area contributed by atoms with Crippen molar-refractivity contribution in [2.75, 3.05) is 18.0 Å². The maximum Gasteiger partial charge on any atom is 0.229 e. The number of nitrogens with zero attached hydrogens (tertiary/aromatic N) is 5. The third-order valence-electron chi connectivity index (χ3n) is 6.73. The average Bonchev–Trinajstić information content (AvgIpc) is 2.91. The second kappa shape index (κ2) is 8.10. The smallest absolute Gasteiger partial charge is 0.229 e. The van der Waals surface area contributed by atoms with Crippen LogP contribution in [0.4, 0.5) is 5.82 Å². The summed E-state index contributed by atoms with van der Waals surface area (Å²) >= 11 is 0. The number of rotatable bonds is 3. The number of pyridine rings is 1. The van der Waals surface area contributed by atoms with Gasteiger partial charge in [-0.25, -0.2) is 9.97 Å². The van der Waals surface area contributed by atoms with Crippen LogP contribution < -0.4 is 4.90 Å². The van der Waals surface area contributed by atoms with Crippen molar-refractivity contribution >= 4 is 11.7 Å². The third kappa shape index (κ3) is 3.78. The number of carbonyl (C=O) groups is 1. The normalized spacial score (nSPS) is 18.0. The van der Waals surface area contributed by atoms with Gasteiger partial charge in [-0.15, -0.1) is 0 Å². The highest BCUT2D eigenvalue weighted by Gasteiger charge is 2.46. The zero-order valence-corrected chi connectivity index (χ0v) is 17.9. The van der Waals surface area contributed by atoms with E-state index in [1.54, 1.807) is 12.5 Å². The summed E-state index contributed by atoms with van der Waals surface area (Å²) < 4.78 is 0. The number of anilines is 1. The third-order valence-corrected chi connectivity index (χ3v) is 6.73. The van der Waals surface area contributed by atoms with Gasteiger partial charge in [-0.1, -0.05) is 30.3 Å². The van der Waals surface area contributed by atoms with Crippen LogP contribution in [-0.2, 0) is 24.3 Å². The number of aromatic nitrogens is 3. The summed E-state index contributed by atoms with van der Waals surface area (Å²) in [6, 6.07) is 12.5. The maximum absolute atomic E-state index is 14.0. The number of benzene rings is 1. The topological polar surface area (TPSA) is 62.2 Å². The van der Waals surface area contributed by atoms with E-state index in [1.165, 1.54) is 11.1 Å². The van der Waals surface area contributed by atoms with Crippen LogP contribution in [0.5, 0.6) is 0 Å². The van der Waals surface area contributed by atoms with Gasteiger partial charge in [-0.05, 0) is 48.9 Å². The van der Waals surface area contributed by atoms with Gasteiger partial charge in [0.05, 0.1) is 5.41 Å². The van der Waals surface area contributed by atoms with E-state index in [-0.39, 0.29) is 11.3 Å². The first kappa shape index (κ1) is 19.7. The number of hydrogen-bond donors (Lipinski definition) is 0. The van der Waals surface area contributed by atoms with E-state index >= 15 is 0 Å². The Morgan fingerprint density at radius 2 is 1.81 bits per heavy atom. The summed E-state index contributed by atoms with van der Waals surface area (Å²) in [6.45, 7) is 4.94. The van der Waals surface area contributed by atoms with Gasteiger partial charge >= 0.3 is 0 Å². The van der Waals surface area contributed by atoms with Crippen LogP contribution >= 0.6 is 0 Å². The van der Waals surface area contributed by atoms with Crippen molar-refractivity contribution in [1.82, 2.24) is 19.9 Å². The van der Waals surface area contributed by atoms with Gasteiger partial charge in [0.25, 0.3) is 0 Å². The molecular formula is C25H27N5O. The van der Waals surface area contributed by atoms with Crippen molar-refractivity contribution in [1.29, 1.82) is 0 Å². The molecule has 4 heterocycles. The number of amides is 1. The van der Waals surface area contributed by atoms with Crippen LogP contribution in [0.25, 0.3) is 0 Å². The van der Waals surface area contributed by atoms with Crippen molar-refractivity contribution in [2.24, 2.45) is 5.41 Å². The summed E-state index contributed by atoms with van der Waals surface area (Å²) in [6.07, 6.45) is 9.56. The molecule has 1 fully saturated rings. The predicted octanol–water partition coefficient (Wildman–Crippen LogP) is 3.55. The fourth-order valence-corrected chi connectivity index (χ4v) is 5.04. The first-order chi connectivity index (χ1) is 15.1. The summed E-state index contributed by atoms with van der Waals surface area (Å²) in [5.74, 6) is 1.25. The Labute approximate surface area is 183 Å². The van der Waals surface area contributed by atoms with Crippen molar-refractivity contribution < 1.29 is 4.79 Å². The summed E-state index contributed by atoms with van der Waals surface area (Å²) in [4.78, 5) is 31.2. The highest BCUT2D eigenvalue weighted by Crippen LogP contribution is 2.41. The first-order valence-electron chi connectivity index (χ1n) is 10.9. The lowest BCUT2D eigenvalue weighted by Gasteiger charge is -2.42. The van der Waals surface area contributed by atoms with Gasteiger partial charge in [0.15, 0.2) is 0 Å². The van der Waals surface area contributed by atoms with E-state index < -0.39 is 0 Å². The molecule has 2 aromatic heterocycles. The van der Waals surface area contributed by atoms with Crippen molar-refractivity contribution in [3.63, 3.8) is 0 Å². The second-order valence-electron chi connectivity index (χ2n) is 8.76. The monoisotopic (exact) mass is 413 g/mol. The zero-order chi connectivity index (χ0) is 21.3. The molecule has 1 amide bonds. The molecule has 0 aliphatic carbocycles. The van der Waals surface area contributed by atoms with E-state index in [1.807, 2.05) is 36.4 Å². The molecule has 158 valence electrons. The Balaban J connectivity index is 1.44. The predicted molar refractivity (Wildman–Crippen MR) is 119 cm³/mol. The first-order valence-corrected chi connectivity index (χ1v) is 10.9. The van der Waals surface area contributed by atoms with Crippen LogP contribution in [0.1, 0.15) is 35.1 Å². The average molecular weight is 414 g/mol. The molecule has 0 saturated carbocycles. The fraction of sp³-hybridized carbons (Fsp3) is 0.360. The number of piperidine rings is 1. The van der Waals surface area contributed by atoms with Crippen LogP contribution in [0.3, 0.4) is 0 Å². The van der Waals surface area contributed by atoms with Gasteiger partial charge in [-0.2, -0.15) is 0 Å². The van der Waals surface area contributed by atoms with E-state index in [0.29, 0.717) is 13.1 Å². The molecule has 1 spiro atoms. The van der Waals surface area contributed by atoms with Crippen LogP contribution in [0, 0.1) is 12.3 Å². The fourth-order valence-electron chi connectivity index (χ4n) is 5.04. The van der Waals surface area contributed by atoms with E-state index in [2.05, 4.69) is 44.1 Å². The van der Waals surface area contributed by atoms with Crippen molar-refractivity contribution in [3.8, 4) is 0 Å². The van der Waals surface area contributed by atoms with Crippen molar-refractivity contribution in [2.45, 2.75) is 39.3 Å². The maximum atomic E-state index is 14.0. The molecule has 2 aliphatic rings. The molecule has 0 radical (unpaired) electrons. The molecule has 3 aromatic rings. The Morgan fingerprint density at radius 3 is 2.55 bits per heavy atom. The van der Waals surface area contributed by atoms with Gasteiger partial charge in [-0.3, -0.25) is 9.78 Å². The minimum absolute atomic E-state index is 0.270. The molecular weight excluding hydrogens is 386 g/mol. The summed E-state index contributed by atoms with van der Waals surface area (Å²) in [5.41, 5.74) is 4.34. The molecule has 6 heteroatoms. The van der Waals surface area contributed by atoms with E-state index in [0.717, 1.165) is 49.3 Å². The second-order valence-corrected chi connectivity index (χ2v) is 8.76. The number of aryl methyl sites for hydroxylation is 1. The van der Waals surface area contributed by atoms with Crippen molar-refractivity contribution in [3.05, 3.63) is 83.6 Å².